The normalized spacial score (nSPS) is 21.1. The van der Waals surface area contributed by atoms with Crippen molar-refractivity contribution in [2.45, 2.75) is 32.9 Å². The van der Waals surface area contributed by atoms with Gasteiger partial charge in [0.05, 0.1) is 43.6 Å². The van der Waals surface area contributed by atoms with Crippen LogP contribution in [0.2, 0.25) is 0 Å². The van der Waals surface area contributed by atoms with Crippen LogP contribution in [0.4, 0.5) is 5.82 Å². The maximum Gasteiger partial charge on any atom is 0.143 e. The molecule has 7 heteroatoms. The molecule has 4 rings (SSSR count). The lowest BCUT2D eigenvalue weighted by atomic mass is 10.1. The van der Waals surface area contributed by atoms with E-state index in [1.807, 2.05) is 13.2 Å². The summed E-state index contributed by atoms with van der Waals surface area (Å²) in [5.41, 5.74) is 5.14. The van der Waals surface area contributed by atoms with E-state index in [1.165, 1.54) is 0 Å². The van der Waals surface area contributed by atoms with Crippen LogP contribution in [-0.4, -0.2) is 66.0 Å². The number of methoxy groups -OCH3 is 1. The number of morpholine rings is 1. The number of likely N-dealkylation sites (N-methyl/N-ethyl adjacent to an activating group) is 1. The lowest BCUT2D eigenvalue weighted by molar-refractivity contribution is 0.0985. The summed E-state index contributed by atoms with van der Waals surface area (Å²) >= 11 is 0. The molecule has 0 unspecified atom stereocenters. The summed E-state index contributed by atoms with van der Waals surface area (Å²) < 4.78 is 13.4. The van der Waals surface area contributed by atoms with Gasteiger partial charge in [0, 0.05) is 44.2 Å². The Morgan fingerprint density at radius 2 is 2.20 bits per heavy atom. The number of fused-ring (bicyclic) bond motifs is 1. The van der Waals surface area contributed by atoms with E-state index in [1.54, 1.807) is 7.11 Å². The van der Waals surface area contributed by atoms with Crippen molar-refractivity contribution in [3.63, 3.8) is 0 Å². The Hall–Kier alpha value is -2.64. The molecule has 4 heterocycles. The number of hydrogen-bond donors (Lipinski definition) is 0. The first-order valence-corrected chi connectivity index (χ1v) is 10.4. The monoisotopic (exact) mass is 409 g/mol. The molecular weight excluding hydrogens is 378 g/mol. The van der Waals surface area contributed by atoms with Crippen LogP contribution in [-0.2, 0) is 9.47 Å². The average Bonchev–Trinajstić information content (AvgIpc) is 3.11. The Kier molecular flexibility index (Phi) is 5.66. The Balaban J connectivity index is 1.85. The summed E-state index contributed by atoms with van der Waals surface area (Å²) in [7, 11) is 3.75. The second-order valence-corrected chi connectivity index (χ2v) is 8.23. The number of nitrogens with zero attached hydrogens (tertiary/aromatic N) is 5. The van der Waals surface area contributed by atoms with Crippen LogP contribution < -0.4 is 4.90 Å². The van der Waals surface area contributed by atoms with Crippen molar-refractivity contribution in [2.24, 2.45) is 0 Å². The molecule has 0 saturated carbocycles. The van der Waals surface area contributed by atoms with Crippen molar-refractivity contribution in [2.75, 3.05) is 45.4 Å². The van der Waals surface area contributed by atoms with Crippen molar-refractivity contribution in [1.29, 1.82) is 0 Å². The molecule has 0 amide bonds. The zero-order chi connectivity index (χ0) is 21.4. The van der Waals surface area contributed by atoms with Gasteiger partial charge in [0.1, 0.15) is 17.2 Å². The fourth-order valence-corrected chi connectivity index (χ4v) is 4.22. The van der Waals surface area contributed by atoms with E-state index in [4.69, 9.17) is 19.4 Å². The molecule has 0 aliphatic carbocycles. The number of imidazole rings is 1. The molecular formula is C23H31N5O2. The van der Waals surface area contributed by atoms with Gasteiger partial charge in [-0.2, -0.15) is 0 Å². The molecule has 2 aromatic heterocycles. The minimum Gasteiger partial charge on any atom is -0.383 e. The third kappa shape index (κ3) is 3.63. The average molecular weight is 410 g/mol. The topological polar surface area (TPSA) is 55.6 Å². The van der Waals surface area contributed by atoms with Crippen LogP contribution in [0.1, 0.15) is 32.6 Å². The quantitative estimate of drug-likeness (QED) is 0.752. The molecule has 2 aliphatic heterocycles. The predicted octanol–water partition coefficient (Wildman–Crippen LogP) is 3.61. The van der Waals surface area contributed by atoms with Crippen molar-refractivity contribution in [3.05, 3.63) is 48.2 Å². The number of anilines is 1. The highest BCUT2D eigenvalue weighted by molar-refractivity contribution is 5.84. The molecule has 1 fully saturated rings. The largest absolute Gasteiger partial charge is 0.383 e. The van der Waals surface area contributed by atoms with Crippen LogP contribution in [0.5, 0.6) is 0 Å². The van der Waals surface area contributed by atoms with Gasteiger partial charge in [0.15, 0.2) is 0 Å². The molecule has 0 spiro atoms. The van der Waals surface area contributed by atoms with Crippen LogP contribution in [0, 0.1) is 0 Å². The molecule has 0 radical (unpaired) electrons. The lowest BCUT2D eigenvalue weighted by Crippen LogP contribution is -2.44. The fraction of sp³-hybridized carbons (Fsp3) is 0.478. The first-order chi connectivity index (χ1) is 14.4. The summed E-state index contributed by atoms with van der Waals surface area (Å²) in [6.45, 7) is 13.4. The minimum atomic E-state index is 0.123. The van der Waals surface area contributed by atoms with Crippen molar-refractivity contribution in [3.8, 4) is 0 Å². The Morgan fingerprint density at radius 3 is 2.90 bits per heavy atom. The van der Waals surface area contributed by atoms with Crippen LogP contribution in [0.15, 0.2) is 42.4 Å². The smallest absolute Gasteiger partial charge is 0.143 e. The first-order valence-electron chi connectivity index (χ1n) is 10.4. The SMILES string of the molecule is C=C1C(C)=CC(c2nc3cnc(N4CCOC[C@@H]4C)cc3n2[C@@H](C)COC)=CN1C. The maximum atomic E-state index is 5.60. The van der Waals surface area contributed by atoms with Crippen LogP contribution in [0.25, 0.3) is 16.6 Å². The summed E-state index contributed by atoms with van der Waals surface area (Å²) in [6, 6.07) is 2.57. The van der Waals surface area contributed by atoms with Gasteiger partial charge >= 0.3 is 0 Å². The van der Waals surface area contributed by atoms with E-state index in [9.17, 15) is 0 Å². The van der Waals surface area contributed by atoms with Crippen molar-refractivity contribution in [1.82, 2.24) is 19.4 Å². The zero-order valence-corrected chi connectivity index (χ0v) is 18.6. The highest BCUT2D eigenvalue weighted by Gasteiger charge is 2.24. The Bertz CT molecular complexity index is 1020. The van der Waals surface area contributed by atoms with E-state index in [-0.39, 0.29) is 6.04 Å². The zero-order valence-electron chi connectivity index (χ0n) is 18.6. The lowest BCUT2D eigenvalue weighted by Gasteiger charge is -2.34. The van der Waals surface area contributed by atoms with Gasteiger partial charge in [0.2, 0.25) is 0 Å². The standard InChI is InChI=1S/C23H31N5O2/c1-15-9-19(12-26(5)18(15)4)23-25-20-11-24-22(27-7-8-30-14-16(27)2)10-21(20)28(23)17(3)13-29-6/h9-12,16-17H,4,7-8,13-14H2,1-3,5-6H3/t16-,17-/m0/s1. The second-order valence-electron chi connectivity index (χ2n) is 8.23. The maximum absolute atomic E-state index is 5.60. The third-order valence-corrected chi connectivity index (χ3v) is 5.92. The van der Waals surface area contributed by atoms with Gasteiger partial charge in [-0.05, 0) is 32.4 Å². The molecule has 2 aliphatic rings. The molecule has 0 aromatic carbocycles. The van der Waals surface area contributed by atoms with Gasteiger partial charge in [0.25, 0.3) is 0 Å². The van der Waals surface area contributed by atoms with E-state index < -0.39 is 0 Å². The number of allylic oxidation sites excluding steroid dienone is 3. The molecule has 30 heavy (non-hydrogen) atoms. The molecule has 2 atom stereocenters. The highest BCUT2D eigenvalue weighted by atomic mass is 16.5. The molecule has 2 aromatic rings. The number of ether oxygens (including phenoxy) is 2. The third-order valence-electron chi connectivity index (χ3n) is 5.92. The summed E-state index contributed by atoms with van der Waals surface area (Å²) in [4.78, 5) is 14.1. The molecule has 0 bridgehead atoms. The Morgan fingerprint density at radius 1 is 1.40 bits per heavy atom. The number of aromatic nitrogens is 3. The van der Waals surface area contributed by atoms with E-state index >= 15 is 0 Å². The van der Waals surface area contributed by atoms with E-state index in [0.717, 1.165) is 59.3 Å². The molecule has 0 N–H and O–H groups in total. The van der Waals surface area contributed by atoms with Gasteiger partial charge in [-0.15, -0.1) is 0 Å². The summed E-state index contributed by atoms with van der Waals surface area (Å²) in [5, 5.41) is 0. The summed E-state index contributed by atoms with van der Waals surface area (Å²) in [6.07, 6.45) is 6.12. The second kappa shape index (κ2) is 8.24. The number of hydrogen-bond acceptors (Lipinski definition) is 6. The van der Waals surface area contributed by atoms with Gasteiger partial charge < -0.3 is 23.8 Å². The minimum absolute atomic E-state index is 0.123. The van der Waals surface area contributed by atoms with Crippen molar-refractivity contribution >= 4 is 22.4 Å². The summed E-state index contributed by atoms with van der Waals surface area (Å²) in [5.74, 6) is 1.88. The Labute approximate surface area is 178 Å². The van der Waals surface area contributed by atoms with Gasteiger partial charge in [-0.1, -0.05) is 6.58 Å². The van der Waals surface area contributed by atoms with E-state index in [2.05, 4.69) is 60.1 Å². The predicted molar refractivity (Wildman–Crippen MR) is 120 cm³/mol. The molecule has 160 valence electrons. The fourth-order valence-electron chi connectivity index (χ4n) is 4.22. The van der Waals surface area contributed by atoms with Crippen LogP contribution >= 0.6 is 0 Å². The molecule has 7 nitrogen and oxygen atoms in total. The van der Waals surface area contributed by atoms with Crippen LogP contribution in [0.3, 0.4) is 0 Å². The number of rotatable bonds is 5. The van der Waals surface area contributed by atoms with Crippen molar-refractivity contribution < 1.29 is 9.47 Å². The first kappa shape index (κ1) is 20.6. The van der Waals surface area contributed by atoms with Gasteiger partial charge in [-0.25, -0.2) is 9.97 Å². The van der Waals surface area contributed by atoms with Gasteiger partial charge in [-0.3, -0.25) is 0 Å². The number of pyridine rings is 1. The van der Waals surface area contributed by atoms with E-state index in [0.29, 0.717) is 12.6 Å². The highest BCUT2D eigenvalue weighted by Crippen LogP contribution is 2.32. The molecule has 1 saturated heterocycles.